The van der Waals surface area contributed by atoms with E-state index in [1.807, 2.05) is 30.3 Å². The standard InChI is InChI=1S/C23H20N2O6S2/c1-33(29,30)24-17-9-7-15(8-10-17)13-25-18-11-12-32-21(18)19(23(27)28)20(22(25)26)31-14-16-5-3-2-4-6-16/h2-12,24H,13-14H2,1H3,(H,27,28). The molecule has 0 fully saturated rings. The summed E-state index contributed by atoms with van der Waals surface area (Å²) in [7, 11) is -3.40. The van der Waals surface area contributed by atoms with Crippen molar-refractivity contribution in [2.45, 2.75) is 13.2 Å². The number of aromatic carboxylic acids is 1. The van der Waals surface area contributed by atoms with Crippen molar-refractivity contribution in [2.24, 2.45) is 0 Å². The van der Waals surface area contributed by atoms with Gasteiger partial charge in [0.2, 0.25) is 15.8 Å². The largest absolute Gasteiger partial charge is 0.482 e. The zero-order chi connectivity index (χ0) is 23.6. The average molecular weight is 485 g/mol. The van der Waals surface area contributed by atoms with Gasteiger partial charge in [-0.25, -0.2) is 13.2 Å². The fraction of sp³-hybridized carbons (Fsp3) is 0.130. The van der Waals surface area contributed by atoms with Gasteiger partial charge in [-0.1, -0.05) is 42.5 Å². The van der Waals surface area contributed by atoms with Crippen LogP contribution in [0.25, 0.3) is 10.2 Å². The van der Waals surface area contributed by atoms with Crippen LogP contribution in [-0.2, 0) is 23.2 Å². The highest BCUT2D eigenvalue weighted by Gasteiger charge is 2.24. The number of hydrogen-bond donors (Lipinski definition) is 2. The highest BCUT2D eigenvalue weighted by molar-refractivity contribution is 7.92. The molecule has 0 radical (unpaired) electrons. The highest BCUT2D eigenvalue weighted by atomic mass is 32.2. The fourth-order valence-electron chi connectivity index (χ4n) is 3.43. The Bertz CT molecular complexity index is 1470. The molecule has 4 aromatic rings. The third-order valence-corrected chi connectivity index (χ3v) is 6.39. The number of anilines is 1. The second-order valence-corrected chi connectivity index (χ2v) is 10.0. The average Bonchev–Trinajstić information content (AvgIpc) is 3.24. The lowest BCUT2D eigenvalue weighted by atomic mass is 10.1. The number of pyridine rings is 1. The molecule has 8 nitrogen and oxygen atoms in total. The van der Waals surface area contributed by atoms with Crippen molar-refractivity contribution in [3.8, 4) is 5.75 Å². The van der Waals surface area contributed by atoms with Crippen molar-refractivity contribution in [1.82, 2.24) is 4.57 Å². The van der Waals surface area contributed by atoms with E-state index in [0.717, 1.165) is 17.4 Å². The van der Waals surface area contributed by atoms with Gasteiger partial charge in [0.05, 0.1) is 23.0 Å². The van der Waals surface area contributed by atoms with Crippen molar-refractivity contribution in [3.63, 3.8) is 0 Å². The number of carbonyl (C=O) groups is 1. The van der Waals surface area contributed by atoms with Gasteiger partial charge in [-0.05, 0) is 34.7 Å². The second kappa shape index (κ2) is 9.08. The van der Waals surface area contributed by atoms with Gasteiger partial charge in [-0.3, -0.25) is 14.1 Å². The molecule has 2 N–H and O–H groups in total. The van der Waals surface area contributed by atoms with E-state index in [4.69, 9.17) is 4.74 Å². The quantitative estimate of drug-likeness (QED) is 0.394. The summed E-state index contributed by atoms with van der Waals surface area (Å²) >= 11 is 1.22. The minimum Gasteiger partial charge on any atom is -0.482 e. The van der Waals surface area contributed by atoms with Crippen LogP contribution in [0.1, 0.15) is 21.5 Å². The first kappa shape index (κ1) is 22.6. The van der Waals surface area contributed by atoms with Gasteiger partial charge in [0.25, 0.3) is 5.56 Å². The van der Waals surface area contributed by atoms with Crippen molar-refractivity contribution in [3.05, 3.63) is 93.1 Å². The first-order valence-corrected chi connectivity index (χ1v) is 12.6. The lowest BCUT2D eigenvalue weighted by molar-refractivity contribution is 0.0693. The molecule has 0 aliphatic rings. The third-order valence-electron chi connectivity index (χ3n) is 4.87. The normalized spacial score (nSPS) is 11.4. The van der Waals surface area contributed by atoms with Crippen molar-refractivity contribution < 1.29 is 23.1 Å². The van der Waals surface area contributed by atoms with E-state index in [-0.39, 0.29) is 24.5 Å². The van der Waals surface area contributed by atoms with Crippen LogP contribution in [0.5, 0.6) is 5.75 Å². The number of rotatable bonds is 8. The molecular formula is C23H20N2O6S2. The number of nitrogens with zero attached hydrogens (tertiary/aromatic N) is 1. The Morgan fingerprint density at radius 3 is 2.39 bits per heavy atom. The molecule has 0 saturated carbocycles. The van der Waals surface area contributed by atoms with E-state index in [0.29, 0.717) is 15.9 Å². The Kier molecular flexibility index (Phi) is 6.21. The van der Waals surface area contributed by atoms with E-state index in [2.05, 4.69) is 4.72 Å². The summed E-state index contributed by atoms with van der Waals surface area (Å²) in [6.07, 6.45) is 1.06. The number of hydrogen-bond acceptors (Lipinski definition) is 6. The van der Waals surface area contributed by atoms with E-state index >= 15 is 0 Å². The van der Waals surface area contributed by atoms with Crippen LogP contribution < -0.4 is 15.0 Å². The number of carboxylic acid groups (broad SMARTS) is 1. The summed E-state index contributed by atoms with van der Waals surface area (Å²) in [6.45, 7) is 0.214. The van der Waals surface area contributed by atoms with Crippen molar-refractivity contribution in [2.75, 3.05) is 11.0 Å². The smallest absolute Gasteiger partial charge is 0.341 e. The number of thiophene rings is 1. The minimum absolute atomic E-state index is 0.0547. The van der Waals surface area contributed by atoms with Gasteiger partial charge in [0.15, 0.2) is 0 Å². The van der Waals surface area contributed by atoms with Crippen LogP contribution in [0, 0.1) is 0 Å². The lowest BCUT2D eigenvalue weighted by Gasteiger charge is -2.15. The Balaban J connectivity index is 1.74. The van der Waals surface area contributed by atoms with Gasteiger partial charge in [-0.15, -0.1) is 11.3 Å². The molecule has 0 amide bonds. The Morgan fingerprint density at radius 2 is 1.76 bits per heavy atom. The van der Waals surface area contributed by atoms with E-state index in [9.17, 15) is 23.1 Å². The molecule has 170 valence electrons. The molecule has 2 aromatic heterocycles. The van der Waals surface area contributed by atoms with E-state index < -0.39 is 21.6 Å². The maximum absolute atomic E-state index is 13.4. The summed E-state index contributed by atoms with van der Waals surface area (Å²) in [5, 5.41) is 11.6. The summed E-state index contributed by atoms with van der Waals surface area (Å²) in [5.74, 6) is -1.44. The molecule has 0 atom stereocenters. The van der Waals surface area contributed by atoms with Gasteiger partial charge in [0.1, 0.15) is 12.2 Å². The zero-order valence-corrected chi connectivity index (χ0v) is 19.2. The molecule has 0 spiro atoms. The van der Waals surface area contributed by atoms with Crippen LogP contribution in [0.4, 0.5) is 5.69 Å². The molecule has 2 heterocycles. The van der Waals surface area contributed by atoms with E-state index in [1.165, 1.54) is 15.9 Å². The first-order chi connectivity index (χ1) is 15.7. The number of benzene rings is 2. The highest BCUT2D eigenvalue weighted by Crippen LogP contribution is 2.30. The Hall–Kier alpha value is -3.63. The number of fused-ring (bicyclic) bond motifs is 1. The monoisotopic (exact) mass is 484 g/mol. The van der Waals surface area contributed by atoms with Crippen LogP contribution in [-0.4, -0.2) is 30.3 Å². The summed E-state index contributed by atoms with van der Waals surface area (Å²) < 4.78 is 32.9. The molecule has 0 aliphatic carbocycles. The van der Waals surface area contributed by atoms with Gasteiger partial charge in [-0.2, -0.15) is 0 Å². The Morgan fingerprint density at radius 1 is 1.06 bits per heavy atom. The van der Waals surface area contributed by atoms with Crippen LogP contribution in [0.3, 0.4) is 0 Å². The molecule has 0 bridgehead atoms. The summed E-state index contributed by atoms with van der Waals surface area (Å²) in [4.78, 5) is 25.4. The van der Waals surface area contributed by atoms with E-state index in [1.54, 1.807) is 35.7 Å². The zero-order valence-electron chi connectivity index (χ0n) is 17.5. The summed E-state index contributed by atoms with van der Waals surface area (Å²) in [6, 6.07) is 17.5. The Labute approximate surface area is 193 Å². The predicted octanol–water partition coefficient (Wildman–Crippen LogP) is 3.76. The predicted molar refractivity (Wildman–Crippen MR) is 128 cm³/mol. The number of nitrogens with one attached hydrogen (secondary N) is 1. The molecule has 10 heteroatoms. The van der Waals surface area contributed by atoms with Crippen LogP contribution in [0.2, 0.25) is 0 Å². The van der Waals surface area contributed by atoms with Crippen LogP contribution in [0.15, 0.2) is 70.8 Å². The van der Waals surface area contributed by atoms with Crippen molar-refractivity contribution in [1.29, 1.82) is 0 Å². The van der Waals surface area contributed by atoms with Crippen molar-refractivity contribution >= 4 is 43.2 Å². The SMILES string of the molecule is CS(=O)(=O)Nc1ccc(Cn2c(=O)c(OCc3ccccc3)c(C(=O)O)c3sccc32)cc1. The lowest BCUT2D eigenvalue weighted by Crippen LogP contribution is -2.25. The maximum atomic E-state index is 13.4. The number of ether oxygens (including phenoxy) is 1. The second-order valence-electron chi connectivity index (χ2n) is 7.38. The fourth-order valence-corrected chi connectivity index (χ4v) is 4.93. The maximum Gasteiger partial charge on any atom is 0.341 e. The molecule has 0 saturated heterocycles. The topological polar surface area (TPSA) is 115 Å². The summed E-state index contributed by atoms with van der Waals surface area (Å²) in [5.41, 5.74) is 1.74. The molecule has 0 unspecified atom stereocenters. The number of sulfonamides is 1. The van der Waals surface area contributed by atoms with Gasteiger partial charge >= 0.3 is 5.97 Å². The van der Waals surface area contributed by atoms with Crippen LogP contribution >= 0.6 is 11.3 Å². The minimum atomic E-state index is -3.40. The van der Waals surface area contributed by atoms with Gasteiger partial charge in [0, 0.05) is 5.69 Å². The molecule has 33 heavy (non-hydrogen) atoms. The molecule has 0 aliphatic heterocycles. The number of aromatic nitrogens is 1. The number of carboxylic acids is 1. The van der Waals surface area contributed by atoms with Gasteiger partial charge < -0.3 is 9.84 Å². The molecule has 2 aromatic carbocycles. The first-order valence-electron chi connectivity index (χ1n) is 9.83. The third kappa shape index (κ3) is 5.07. The molecule has 4 rings (SSSR count). The molecular weight excluding hydrogens is 464 g/mol.